The number of rotatable bonds is 6. The van der Waals surface area contributed by atoms with Crippen molar-refractivity contribution >= 4 is 19.7 Å². The molecule has 0 aliphatic rings. The number of aliphatic hydroxyl groups excluding tert-OH is 1. The van der Waals surface area contributed by atoms with Crippen LogP contribution in [0.3, 0.4) is 0 Å². The minimum absolute atomic E-state index is 0.0216. The first-order valence-corrected chi connectivity index (χ1v) is 9.10. The van der Waals surface area contributed by atoms with Crippen LogP contribution >= 0.6 is 0 Å². The second kappa shape index (κ2) is 6.00. The Morgan fingerprint density at radius 3 is 2.00 bits per heavy atom. The lowest BCUT2D eigenvalue weighted by Crippen LogP contribution is -2.30. The molecule has 0 bridgehead atoms. The van der Waals surface area contributed by atoms with Gasteiger partial charge >= 0.3 is 0 Å². The molecule has 0 amide bonds. The van der Waals surface area contributed by atoms with E-state index >= 15 is 0 Å². The fraction of sp³-hybridized carbons (Fsp3) is 0.455. The van der Waals surface area contributed by atoms with Crippen molar-refractivity contribution < 1.29 is 21.9 Å². The first-order chi connectivity index (χ1) is 8.66. The van der Waals surface area contributed by atoms with E-state index in [1.165, 1.54) is 24.3 Å². The molecule has 1 aromatic carbocycles. The Bertz CT molecular complexity index is 620. The summed E-state index contributed by atoms with van der Waals surface area (Å²) in [6, 6.07) is 4.35. The van der Waals surface area contributed by atoms with Crippen molar-refractivity contribution in [2.75, 3.05) is 18.6 Å². The van der Waals surface area contributed by atoms with Crippen LogP contribution in [0, 0.1) is 0 Å². The molecule has 8 heteroatoms. The second-order valence-electron chi connectivity index (χ2n) is 4.30. The van der Waals surface area contributed by atoms with E-state index in [0.29, 0.717) is 0 Å². The van der Waals surface area contributed by atoms with Gasteiger partial charge in [-0.2, -0.15) is 0 Å². The molecule has 0 aliphatic carbocycles. The predicted molar refractivity (Wildman–Crippen MR) is 71.3 cm³/mol. The minimum Gasteiger partial charge on any atom is -0.396 e. The lowest BCUT2D eigenvalue weighted by atomic mass is 10.3. The number of hydrogen-bond donors (Lipinski definition) is 2. The van der Waals surface area contributed by atoms with Gasteiger partial charge in [0.05, 0.1) is 15.5 Å². The van der Waals surface area contributed by atoms with Crippen LogP contribution in [-0.2, 0) is 19.7 Å². The maximum absolute atomic E-state index is 12.0. The largest absolute Gasteiger partial charge is 0.396 e. The van der Waals surface area contributed by atoms with Gasteiger partial charge in [0.25, 0.3) is 0 Å². The summed E-state index contributed by atoms with van der Waals surface area (Å²) in [4.78, 5) is 0.0828. The fourth-order valence-corrected chi connectivity index (χ4v) is 3.63. The third kappa shape index (κ3) is 4.57. The lowest BCUT2D eigenvalue weighted by molar-refractivity contribution is 0.279. The molecule has 0 spiro atoms. The molecule has 1 rings (SSSR count). The van der Waals surface area contributed by atoms with Gasteiger partial charge in [-0.25, -0.2) is 16.8 Å². The highest BCUT2D eigenvalue weighted by molar-refractivity contribution is 7.91. The van der Waals surface area contributed by atoms with Crippen molar-refractivity contribution in [2.24, 2.45) is 5.73 Å². The van der Waals surface area contributed by atoms with E-state index in [-0.39, 0.29) is 28.6 Å². The van der Waals surface area contributed by atoms with E-state index in [0.717, 1.165) is 6.26 Å². The molecule has 0 aliphatic heterocycles. The molecule has 0 saturated carbocycles. The maximum atomic E-state index is 12.0. The Labute approximate surface area is 113 Å². The van der Waals surface area contributed by atoms with Crippen molar-refractivity contribution in [2.45, 2.75) is 22.3 Å². The quantitative estimate of drug-likeness (QED) is 0.737. The highest BCUT2D eigenvalue weighted by atomic mass is 32.2. The number of benzene rings is 1. The number of hydrogen-bond acceptors (Lipinski definition) is 6. The number of aliphatic hydroxyl groups is 1. The van der Waals surface area contributed by atoms with Gasteiger partial charge in [-0.15, -0.1) is 0 Å². The summed E-state index contributed by atoms with van der Waals surface area (Å²) >= 11 is 0. The Kier molecular flexibility index (Phi) is 5.08. The molecule has 6 nitrogen and oxygen atoms in total. The molecule has 1 unspecified atom stereocenters. The van der Waals surface area contributed by atoms with Crippen molar-refractivity contribution in [1.29, 1.82) is 0 Å². The van der Waals surface area contributed by atoms with E-state index < -0.39 is 25.7 Å². The van der Waals surface area contributed by atoms with Crippen LogP contribution in [0.1, 0.15) is 6.42 Å². The maximum Gasteiger partial charge on any atom is 0.179 e. The molecule has 3 N–H and O–H groups in total. The average molecular weight is 307 g/mol. The fourth-order valence-electron chi connectivity index (χ4n) is 1.52. The molecule has 0 radical (unpaired) electrons. The Morgan fingerprint density at radius 2 is 1.58 bits per heavy atom. The van der Waals surface area contributed by atoms with E-state index in [1.54, 1.807) is 0 Å². The van der Waals surface area contributed by atoms with Gasteiger partial charge in [0.2, 0.25) is 0 Å². The van der Waals surface area contributed by atoms with Crippen molar-refractivity contribution in [1.82, 2.24) is 0 Å². The summed E-state index contributed by atoms with van der Waals surface area (Å²) in [5.74, 6) is -0.286. The summed E-state index contributed by atoms with van der Waals surface area (Å²) in [6.07, 6.45) is 1.24. The zero-order valence-corrected chi connectivity index (χ0v) is 12.1. The van der Waals surface area contributed by atoms with Gasteiger partial charge in [-0.05, 0) is 30.7 Å². The van der Waals surface area contributed by atoms with Gasteiger partial charge in [0.15, 0.2) is 19.7 Å². The van der Waals surface area contributed by atoms with Crippen LogP contribution in [-0.4, -0.2) is 46.6 Å². The summed E-state index contributed by atoms with van der Waals surface area (Å²) in [6.45, 7) is -0.177. The third-order valence-electron chi connectivity index (χ3n) is 2.54. The second-order valence-corrected chi connectivity index (χ2v) is 8.35. The van der Waals surface area contributed by atoms with E-state index in [4.69, 9.17) is 10.8 Å². The first-order valence-electron chi connectivity index (χ1n) is 5.56. The highest BCUT2D eigenvalue weighted by Crippen LogP contribution is 2.16. The summed E-state index contributed by atoms with van der Waals surface area (Å²) in [5.41, 5.74) is 5.57. The lowest BCUT2D eigenvalue weighted by Gasteiger charge is -2.11. The third-order valence-corrected chi connectivity index (χ3v) is 5.53. The molecule has 0 saturated heterocycles. The summed E-state index contributed by atoms with van der Waals surface area (Å²) in [5, 5.41) is 8.69. The molecule has 19 heavy (non-hydrogen) atoms. The molecule has 108 valence electrons. The Morgan fingerprint density at radius 1 is 1.11 bits per heavy atom. The summed E-state index contributed by atoms with van der Waals surface area (Å²) < 4.78 is 46.5. The standard InChI is InChI=1S/C11H17NO5S2/c1-18(14,15)10-2-4-11(5-3-10)19(16,17)8-9(12)6-7-13/h2-5,9,13H,6-8,12H2,1H3. The smallest absolute Gasteiger partial charge is 0.179 e. The van der Waals surface area contributed by atoms with Crippen LogP contribution in [0.5, 0.6) is 0 Å². The Balaban J connectivity index is 2.97. The van der Waals surface area contributed by atoms with Gasteiger partial charge in [0.1, 0.15) is 0 Å². The van der Waals surface area contributed by atoms with Crippen LogP contribution in [0.4, 0.5) is 0 Å². The van der Waals surface area contributed by atoms with Crippen LogP contribution < -0.4 is 5.73 Å². The monoisotopic (exact) mass is 307 g/mol. The zero-order valence-electron chi connectivity index (χ0n) is 10.5. The van der Waals surface area contributed by atoms with Gasteiger partial charge < -0.3 is 10.8 Å². The van der Waals surface area contributed by atoms with Crippen LogP contribution in [0.15, 0.2) is 34.1 Å². The van der Waals surface area contributed by atoms with Gasteiger partial charge in [-0.3, -0.25) is 0 Å². The minimum atomic E-state index is -3.57. The molecule has 1 aromatic rings. The normalized spacial score (nSPS) is 14.3. The van der Waals surface area contributed by atoms with E-state index in [1.807, 2.05) is 0 Å². The van der Waals surface area contributed by atoms with Crippen molar-refractivity contribution in [3.8, 4) is 0 Å². The summed E-state index contributed by atoms with van der Waals surface area (Å²) in [7, 11) is -6.92. The van der Waals surface area contributed by atoms with Gasteiger partial charge in [-0.1, -0.05) is 0 Å². The zero-order chi connectivity index (χ0) is 14.7. The first kappa shape index (κ1) is 16.1. The molecule has 0 heterocycles. The van der Waals surface area contributed by atoms with Crippen LogP contribution in [0.25, 0.3) is 0 Å². The van der Waals surface area contributed by atoms with Crippen LogP contribution in [0.2, 0.25) is 0 Å². The highest BCUT2D eigenvalue weighted by Gasteiger charge is 2.19. The molecule has 0 fully saturated rings. The predicted octanol–water partition coefficient (Wildman–Crippen LogP) is -0.426. The van der Waals surface area contributed by atoms with Crippen molar-refractivity contribution in [3.05, 3.63) is 24.3 Å². The molecular formula is C11H17NO5S2. The average Bonchev–Trinajstić information content (AvgIpc) is 2.27. The van der Waals surface area contributed by atoms with Gasteiger partial charge in [0, 0.05) is 18.9 Å². The topological polar surface area (TPSA) is 115 Å². The van der Waals surface area contributed by atoms with E-state index in [9.17, 15) is 16.8 Å². The van der Waals surface area contributed by atoms with Crippen molar-refractivity contribution in [3.63, 3.8) is 0 Å². The molecule has 0 aromatic heterocycles. The SMILES string of the molecule is CS(=O)(=O)c1ccc(S(=O)(=O)CC(N)CCO)cc1. The molecular weight excluding hydrogens is 290 g/mol. The Hall–Kier alpha value is -0.960. The molecule has 1 atom stereocenters. The number of nitrogens with two attached hydrogens (primary N) is 1. The van der Waals surface area contributed by atoms with E-state index in [2.05, 4.69) is 0 Å². The number of sulfone groups is 2.